The number of halogens is 1. The third kappa shape index (κ3) is 8.73. The van der Waals surface area contributed by atoms with Crippen molar-refractivity contribution < 1.29 is 23.1 Å². The topological polar surface area (TPSA) is 104 Å². The lowest BCUT2D eigenvalue weighted by Gasteiger charge is -2.27. The maximum absolute atomic E-state index is 14.7. The van der Waals surface area contributed by atoms with E-state index < -0.39 is 27.9 Å². The summed E-state index contributed by atoms with van der Waals surface area (Å²) in [6, 6.07) is 53.8. The number of nitrogens with one attached hydrogen (secondary N) is 1. The average Bonchev–Trinajstić information content (AvgIpc) is 3.24. The van der Waals surface area contributed by atoms with Crippen LogP contribution in [-0.4, -0.2) is 31.4 Å². The molecule has 7 rings (SSSR count). The lowest BCUT2D eigenvalue weighted by Crippen LogP contribution is -2.43. The summed E-state index contributed by atoms with van der Waals surface area (Å²) >= 11 is 6.44. The van der Waals surface area contributed by atoms with Crippen LogP contribution in [0, 0.1) is 0 Å². The molecule has 0 saturated carbocycles. The standard InChI is InChI=1S/C47H37ClN2O5S/c48-41-26-29-45(43(31-41)46(51)49-44(47(52)53)30-33-16-20-38(21-17-33)35-10-4-1-5-11-35)50(32-34-18-22-39(23-19-34)36-12-6-2-7-13-36)56(54,55)42-27-24-40(25-28-42)37-14-8-3-9-15-37/h1-29,31,44H,30,32H2,(H,49,51)(H,52,53)/t44-/m0/s1. The fraction of sp³-hybridized carbons (Fsp3) is 0.0638. The first-order valence-corrected chi connectivity index (χ1v) is 19.8. The van der Waals surface area contributed by atoms with E-state index in [2.05, 4.69) is 5.32 Å². The van der Waals surface area contributed by atoms with Crippen LogP contribution in [0.2, 0.25) is 5.02 Å². The highest BCUT2D eigenvalue weighted by molar-refractivity contribution is 7.92. The molecule has 0 aromatic heterocycles. The van der Waals surface area contributed by atoms with Crippen molar-refractivity contribution in [1.29, 1.82) is 0 Å². The SMILES string of the molecule is O=C(N[C@@H](Cc1ccc(-c2ccccc2)cc1)C(=O)O)c1cc(Cl)ccc1N(Cc1ccc(-c2ccccc2)cc1)S(=O)(=O)c1ccc(-c2ccccc2)cc1. The molecule has 0 heterocycles. The van der Waals surface area contributed by atoms with E-state index >= 15 is 0 Å². The predicted octanol–water partition coefficient (Wildman–Crippen LogP) is 10.2. The number of rotatable bonds is 13. The van der Waals surface area contributed by atoms with Crippen LogP contribution < -0.4 is 9.62 Å². The van der Waals surface area contributed by atoms with Crippen molar-refractivity contribution in [2.45, 2.75) is 23.9 Å². The highest BCUT2D eigenvalue weighted by atomic mass is 35.5. The van der Waals surface area contributed by atoms with Crippen LogP contribution in [0.25, 0.3) is 33.4 Å². The minimum atomic E-state index is -4.31. The minimum Gasteiger partial charge on any atom is -0.480 e. The van der Waals surface area contributed by atoms with E-state index in [1.165, 1.54) is 22.5 Å². The van der Waals surface area contributed by atoms with Crippen molar-refractivity contribution in [3.8, 4) is 33.4 Å². The number of aliphatic carboxylic acids is 1. The van der Waals surface area contributed by atoms with Crippen molar-refractivity contribution in [3.63, 3.8) is 0 Å². The van der Waals surface area contributed by atoms with Gasteiger partial charge in [-0.05, 0) is 74.8 Å². The Hall–Kier alpha value is -6.48. The van der Waals surface area contributed by atoms with E-state index in [1.54, 1.807) is 24.3 Å². The molecule has 7 nitrogen and oxygen atoms in total. The predicted molar refractivity (Wildman–Crippen MR) is 223 cm³/mol. The number of carbonyl (C=O) groups excluding carboxylic acids is 1. The van der Waals surface area contributed by atoms with Gasteiger partial charge in [-0.15, -0.1) is 0 Å². The molecule has 0 spiro atoms. The first kappa shape index (κ1) is 37.8. The first-order valence-electron chi connectivity index (χ1n) is 18.0. The number of hydrogen-bond acceptors (Lipinski definition) is 4. The van der Waals surface area contributed by atoms with Gasteiger partial charge in [0.05, 0.1) is 22.7 Å². The molecule has 0 bridgehead atoms. The maximum Gasteiger partial charge on any atom is 0.326 e. The van der Waals surface area contributed by atoms with Gasteiger partial charge in [0.1, 0.15) is 6.04 Å². The molecule has 0 aliphatic rings. The van der Waals surface area contributed by atoms with Gasteiger partial charge in [0.15, 0.2) is 0 Å². The zero-order chi connectivity index (χ0) is 39.1. The second-order valence-electron chi connectivity index (χ2n) is 13.3. The smallest absolute Gasteiger partial charge is 0.326 e. The van der Waals surface area contributed by atoms with Crippen molar-refractivity contribution in [2.24, 2.45) is 0 Å². The van der Waals surface area contributed by atoms with Crippen molar-refractivity contribution in [1.82, 2.24) is 5.32 Å². The quantitative estimate of drug-likeness (QED) is 0.121. The molecule has 1 amide bonds. The normalized spacial score (nSPS) is 11.7. The van der Waals surface area contributed by atoms with Gasteiger partial charge in [-0.3, -0.25) is 9.10 Å². The van der Waals surface area contributed by atoms with Gasteiger partial charge in [0.2, 0.25) is 0 Å². The van der Waals surface area contributed by atoms with Crippen molar-refractivity contribution in [2.75, 3.05) is 4.31 Å². The monoisotopic (exact) mass is 776 g/mol. The van der Waals surface area contributed by atoms with Crippen LogP contribution in [0.4, 0.5) is 5.69 Å². The molecule has 7 aromatic rings. The molecular formula is C47H37ClN2O5S. The fourth-order valence-corrected chi connectivity index (χ4v) is 8.16. The van der Waals surface area contributed by atoms with Crippen LogP contribution in [0.5, 0.6) is 0 Å². The Labute approximate surface area is 331 Å². The summed E-state index contributed by atoms with van der Waals surface area (Å²) in [5, 5.41) is 13.0. The largest absolute Gasteiger partial charge is 0.480 e. The molecule has 278 valence electrons. The van der Waals surface area contributed by atoms with Gasteiger partial charge in [-0.25, -0.2) is 13.2 Å². The summed E-state index contributed by atoms with van der Waals surface area (Å²) in [5.74, 6) is -2.02. The average molecular weight is 777 g/mol. The van der Waals surface area contributed by atoms with Gasteiger partial charge in [0.25, 0.3) is 15.9 Å². The highest BCUT2D eigenvalue weighted by Crippen LogP contribution is 2.33. The van der Waals surface area contributed by atoms with E-state index in [4.69, 9.17) is 11.6 Å². The number of carboxylic acid groups (broad SMARTS) is 1. The Balaban J connectivity index is 1.22. The Morgan fingerprint density at radius 2 is 1.00 bits per heavy atom. The van der Waals surface area contributed by atoms with E-state index in [0.29, 0.717) is 11.1 Å². The summed E-state index contributed by atoms with van der Waals surface area (Å²) < 4.78 is 30.6. The Morgan fingerprint density at radius 1 is 0.571 bits per heavy atom. The van der Waals surface area contributed by atoms with Crippen LogP contribution >= 0.6 is 11.6 Å². The van der Waals surface area contributed by atoms with Crippen molar-refractivity contribution >= 4 is 39.2 Å². The van der Waals surface area contributed by atoms with Gasteiger partial charge >= 0.3 is 5.97 Å². The molecule has 56 heavy (non-hydrogen) atoms. The van der Waals surface area contributed by atoms with Gasteiger partial charge in [-0.1, -0.05) is 163 Å². The number of benzene rings is 7. The lowest BCUT2D eigenvalue weighted by molar-refractivity contribution is -0.139. The third-order valence-corrected chi connectivity index (χ3v) is 11.5. The van der Waals surface area contributed by atoms with Gasteiger partial charge in [0, 0.05) is 11.4 Å². The number of sulfonamides is 1. The maximum atomic E-state index is 14.7. The molecular weight excluding hydrogens is 740 g/mol. The van der Waals surface area contributed by atoms with Crippen LogP contribution in [-0.2, 0) is 27.8 Å². The summed E-state index contributed by atoms with van der Waals surface area (Å²) in [6.07, 6.45) is -0.00438. The summed E-state index contributed by atoms with van der Waals surface area (Å²) in [6.45, 7) is -0.129. The molecule has 0 unspecified atom stereocenters. The number of carboxylic acids is 1. The number of nitrogens with zero attached hydrogens (tertiary/aromatic N) is 1. The Kier molecular flexibility index (Phi) is 11.4. The van der Waals surface area contributed by atoms with E-state index in [0.717, 1.165) is 33.4 Å². The molecule has 0 radical (unpaired) electrons. The molecule has 0 aliphatic carbocycles. The number of carbonyl (C=O) groups is 2. The summed E-state index contributed by atoms with van der Waals surface area (Å²) in [4.78, 5) is 26.7. The van der Waals surface area contributed by atoms with Crippen LogP contribution in [0.1, 0.15) is 21.5 Å². The molecule has 2 N–H and O–H groups in total. The van der Waals surface area contributed by atoms with Gasteiger partial charge in [-0.2, -0.15) is 0 Å². The van der Waals surface area contributed by atoms with E-state index in [-0.39, 0.29) is 34.1 Å². The van der Waals surface area contributed by atoms with E-state index in [9.17, 15) is 23.1 Å². The minimum absolute atomic E-state index is 0.00438. The Morgan fingerprint density at radius 3 is 1.46 bits per heavy atom. The van der Waals surface area contributed by atoms with E-state index in [1.807, 2.05) is 140 Å². The number of anilines is 1. The number of hydrogen-bond donors (Lipinski definition) is 2. The molecule has 1 atom stereocenters. The molecule has 0 aliphatic heterocycles. The molecule has 7 aromatic carbocycles. The zero-order valence-corrected chi connectivity index (χ0v) is 31.7. The number of amides is 1. The second-order valence-corrected chi connectivity index (χ2v) is 15.6. The summed E-state index contributed by atoms with van der Waals surface area (Å²) in [7, 11) is -4.31. The van der Waals surface area contributed by atoms with Crippen LogP contribution in [0.3, 0.4) is 0 Å². The molecule has 9 heteroatoms. The zero-order valence-electron chi connectivity index (χ0n) is 30.1. The summed E-state index contributed by atoms with van der Waals surface area (Å²) in [5.41, 5.74) is 7.06. The van der Waals surface area contributed by atoms with Gasteiger partial charge < -0.3 is 10.4 Å². The molecule has 0 fully saturated rings. The highest BCUT2D eigenvalue weighted by Gasteiger charge is 2.31. The Bertz CT molecular complexity index is 2550. The van der Waals surface area contributed by atoms with Crippen LogP contribution in [0.15, 0.2) is 187 Å². The molecule has 0 saturated heterocycles. The lowest BCUT2D eigenvalue weighted by atomic mass is 10.0. The fourth-order valence-electron chi connectivity index (χ4n) is 6.52. The second kappa shape index (κ2) is 16.9. The van der Waals surface area contributed by atoms with Crippen molar-refractivity contribution in [3.05, 3.63) is 204 Å². The third-order valence-electron chi connectivity index (χ3n) is 9.51. The first-order chi connectivity index (χ1) is 27.2.